The van der Waals surface area contributed by atoms with Crippen molar-refractivity contribution in [3.8, 4) is 5.75 Å². The third-order valence-electron chi connectivity index (χ3n) is 4.45. The summed E-state index contributed by atoms with van der Waals surface area (Å²) in [6.45, 7) is 1.51. The molecule has 114 valence electrons. The zero-order valence-corrected chi connectivity index (χ0v) is 12.6. The first-order valence-electron chi connectivity index (χ1n) is 7.08. The van der Waals surface area contributed by atoms with E-state index in [1.807, 2.05) is 19.2 Å². The lowest BCUT2D eigenvalue weighted by Crippen LogP contribution is -2.60. The van der Waals surface area contributed by atoms with Crippen molar-refractivity contribution in [2.24, 2.45) is 11.7 Å². The van der Waals surface area contributed by atoms with Gasteiger partial charge in [-0.3, -0.25) is 4.79 Å². The lowest BCUT2D eigenvalue weighted by molar-refractivity contribution is -0.138. The van der Waals surface area contributed by atoms with Gasteiger partial charge in [0.15, 0.2) is 0 Å². The van der Waals surface area contributed by atoms with Crippen LogP contribution in [-0.4, -0.2) is 48.3 Å². The topological polar surface area (TPSA) is 75.8 Å². The summed E-state index contributed by atoms with van der Waals surface area (Å²) in [5.74, 6) is -0.274. The Labute approximate surface area is 128 Å². The molecule has 1 fully saturated rings. The maximum absolute atomic E-state index is 11.3. The predicted molar refractivity (Wildman–Crippen MR) is 79.8 cm³/mol. The number of halogens is 1. The number of benzene rings is 1. The molecule has 1 aromatic rings. The molecule has 3 N–H and O–H groups in total. The minimum absolute atomic E-state index is 0.0435. The van der Waals surface area contributed by atoms with Crippen LogP contribution in [0.25, 0.3) is 0 Å². The fraction of sp³-hybridized carbons (Fsp3) is 0.533. The van der Waals surface area contributed by atoms with E-state index < -0.39 is 5.97 Å². The van der Waals surface area contributed by atoms with Gasteiger partial charge in [0.2, 0.25) is 0 Å². The number of fused-ring (bicyclic) bond motifs is 2. The van der Waals surface area contributed by atoms with Crippen molar-refractivity contribution in [2.75, 3.05) is 20.1 Å². The SMILES string of the molecule is CN1CC(N)C2Oc3cccc(Cl)c3C(CC(=O)O)C2C1. The highest BCUT2D eigenvalue weighted by atomic mass is 35.5. The molecule has 2 heterocycles. The number of hydrogen-bond acceptors (Lipinski definition) is 4. The summed E-state index contributed by atoms with van der Waals surface area (Å²) in [5, 5.41) is 9.84. The van der Waals surface area contributed by atoms with Crippen molar-refractivity contribution in [1.82, 2.24) is 4.90 Å². The molecule has 1 saturated heterocycles. The van der Waals surface area contributed by atoms with Crippen molar-refractivity contribution in [3.63, 3.8) is 0 Å². The lowest BCUT2D eigenvalue weighted by Gasteiger charge is -2.47. The van der Waals surface area contributed by atoms with E-state index in [0.717, 1.165) is 18.7 Å². The molecule has 0 aromatic heterocycles. The fourth-order valence-corrected chi connectivity index (χ4v) is 3.94. The van der Waals surface area contributed by atoms with Crippen LogP contribution in [0.5, 0.6) is 5.75 Å². The molecule has 0 saturated carbocycles. The van der Waals surface area contributed by atoms with Gasteiger partial charge in [-0.1, -0.05) is 17.7 Å². The number of likely N-dealkylation sites (tertiary alicyclic amines) is 1. The van der Waals surface area contributed by atoms with Gasteiger partial charge >= 0.3 is 5.97 Å². The Morgan fingerprint density at radius 1 is 1.52 bits per heavy atom. The van der Waals surface area contributed by atoms with Crippen molar-refractivity contribution in [2.45, 2.75) is 24.5 Å². The lowest BCUT2D eigenvalue weighted by atomic mass is 9.74. The Kier molecular flexibility index (Phi) is 3.82. The number of carboxylic acids is 1. The second-order valence-corrected chi connectivity index (χ2v) is 6.39. The average Bonchev–Trinajstić information content (AvgIpc) is 2.39. The monoisotopic (exact) mass is 310 g/mol. The van der Waals surface area contributed by atoms with E-state index in [4.69, 9.17) is 22.1 Å². The third-order valence-corrected chi connectivity index (χ3v) is 4.78. The van der Waals surface area contributed by atoms with E-state index in [2.05, 4.69) is 4.90 Å². The van der Waals surface area contributed by atoms with E-state index in [9.17, 15) is 9.90 Å². The molecule has 21 heavy (non-hydrogen) atoms. The van der Waals surface area contributed by atoms with Crippen LogP contribution in [0.15, 0.2) is 18.2 Å². The minimum atomic E-state index is -0.826. The van der Waals surface area contributed by atoms with Crippen LogP contribution in [0.1, 0.15) is 17.9 Å². The largest absolute Gasteiger partial charge is 0.488 e. The Hall–Kier alpha value is -1.30. The molecular weight excluding hydrogens is 292 g/mol. The summed E-state index contributed by atoms with van der Waals surface area (Å²) >= 11 is 6.31. The molecule has 2 aliphatic rings. The molecule has 5 nitrogen and oxygen atoms in total. The average molecular weight is 311 g/mol. The number of ether oxygens (including phenoxy) is 1. The van der Waals surface area contributed by atoms with E-state index >= 15 is 0 Å². The Bertz CT molecular complexity index is 566. The van der Waals surface area contributed by atoms with E-state index in [-0.39, 0.29) is 30.4 Å². The highest BCUT2D eigenvalue weighted by Gasteiger charge is 2.45. The number of aliphatic carboxylic acids is 1. The van der Waals surface area contributed by atoms with Gasteiger partial charge in [0.25, 0.3) is 0 Å². The first-order valence-corrected chi connectivity index (χ1v) is 7.46. The highest BCUT2D eigenvalue weighted by Crippen LogP contribution is 2.47. The molecule has 0 bridgehead atoms. The maximum Gasteiger partial charge on any atom is 0.303 e. The first kappa shape index (κ1) is 14.6. The normalized spacial score (nSPS) is 32.0. The van der Waals surface area contributed by atoms with Crippen LogP contribution < -0.4 is 10.5 Å². The van der Waals surface area contributed by atoms with E-state index in [1.54, 1.807) is 6.07 Å². The second kappa shape index (κ2) is 5.48. The number of likely N-dealkylation sites (N-methyl/N-ethyl adjacent to an activating group) is 1. The smallest absolute Gasteiger partial charge is 0.303 e. The number of nitrogens with two attached hydrogens (primary N) is 1. The van der Waals surface area contributed by atoms with Gasteiger partial charge in [0, 0.05) is 35.5 Å². The summed E-state index contributed by atoms with van der Waals surface area (Å²) < 4.78 is 6.06. The van der Waals surface area contributed by atoms with Crippen LogP contribution >= 0.6 is 11.6 Å². The molecule has 4 atom stereocenters. The first-order chi connectivity index (χ1) is 9.97. The zero-order valence-electron chi connectivity index (χ0n) is 11.8. The van der Waals surface area contributed by atoms with Crippen molar-refractivity contribution >= 4 is 17.6 Å². The van der Waals surface area contributed by atoms with Crippen LogP contribution in [-0.2, 0) is 4.79 Å². The second-order valence-electron chi connectivity index (χ2n) is 5.99. The molecular formula is C15H19ClN2O3. The van der Waals surface area contributed by atoms with Gasteiger partial charge in [-0.25, -0.2) is 0 Å². The Balaban J connectivity index is 2.06. The van der Waals surface area contributed by atoms with Crippen molar-refractivity contribution in [3.05, 3.63) is 28.8 Å². The van der Waals surface area contributed by atoms with Crippen LogP contribution in [0, 0.1) is 5.92 Å². The minimum Gasteiger partial charge on any atom is -0.488 e. The van der Waals surface area contributed by atoms with Crippen LogP contribution in [0.2, 0.25) is 5.02 Å². The maximum atomic E-state index is 11.3. The van der Waals surface area contributed by atoms with E-state index in [0.29, 0.717) is 10.8 Å². The number of carbonyl (C=O) groups is 1. The molecule has 0 aliphatic carbocycles. The van der Waals surface area contributed by atoms with Crippen LogP contribution in [0.3, 0.4) is 0 Å². The highest BCUT2D eigenvalue weighted by molar-refractivity contribution is 6.31. The molecule has 1 aromatic carbocycles. The van der Waals surface area contributed by atoms with Gasteiger partial charge in [-0.2, -0.15) is 0 Å². The Morgan fingerprint density at radius 2 is 2.29 bits per heavy atom. The summed E-state index contributed by atoms with van der Waals surface area (Å²) in [6, 6.07) is 5.32. The molecule has 3 rings (SSSR count). The summed E-state index contributed by atoms with van der Waals surface area (Å²) in [6.07, 6.45) is -0.113. The number of piperidine rings is 1. The molecule has 0 amide bonds. The predicted octanol–water partition coefficient (Wildman–Crippen LogP) is 1.55. The van der Waals surface area contributed by atoms with Crippen LogP contribution in [0.4, 0.5) is 0 Å². The van der Waals surface area contributed by atoms with Gasteiger partial charge in [0.1, 0.15) is 11.9 Å². The van der Waals surface area contributed by atoms with Gasteiger partial charge in [-0.05, 0) is 19.2 Å². The molecule has 0 radical (unpaired) electrons. The van der Waals surface area contributed by atoms with Gasteiger partial charge in [0.05, 0.1) is 12.5 Å². The number of rotatable bonds is 2. The van der Waals surface area contributed by atoms with Crippen molar-refractivity contribution in [1.29, 1.82) is 0 Å². The number of hydrogen-bond donors (Lipinski definition) is 2. The third kappa shape index (κ3) is 2.61. The summed E-state index contributed by atoms with van der Waals surface area (Å²) in [4.78, 5) is 13.4. The number of nitrogens with zero attached hydrogens (tertiary/aromatic N) is 1. The number of carboxylic acid groups (broad SMARTS) is 1. The fourth-order valence-electron chi connectivity index (χ4n) is 3.63. The summed E-state index contributed by atoms with van der Waals surface area (Å²) in [7, 11) is 2.00. The molecule has 6 heteroatoms. The standard InChI is InChI=1S/C15H19ClN2O3/c1-18-6-9-8(5-13(19)20)14-10(16)3-2-4-12(14)21-15(9)11(17)7-18/h2-4,8-9,11,15H,5-7,17H2,1H3,(H,19,20). The molecule has 4 unspecified atom stereocenters. The van der Waals surface area contributed by atoms with Gasteiger partial charge < -0.3 is 20.5 Å². The van der Waals surface area contributed by atoms with Crippen molar-refractivity contribution < 1.29 is 14.6 Å². The zero-order chi connectivity index (χ0) is 15.1. The van der Waals surface area contributed by atoms with Gasteiger partial charge in [-0.15, -0.1) is 0 Å². The van der Waals surface area contributed by atoms with E-state index in [1.165, 1.54) is 0 Å². The molecule has 0 spiro atoms. The summed E-state index contributed by atoms with van der Waals surface area (Å²) in [5.41, 5.74) is 7.03. The molecule has 2 aliphatic heterocycles. The quantitative estimate of drug-likeness (QED) is 0.867. The Morgan fingerprint density at radius 3 is 3.00 bits per heavy atom.